The maximum absolute atomic E-state index is 12.3. The summed E-state index contributed by atoms with van der Waals surface area (Å²) in [6.45, 7) is 5.65. The van der Waals surface area contributed by atoms with Gasteiger partial charge in [-0.2, -0.15) is 0 Å². The fraction of sp³-hybridized carbons (Fsp3) is 0.263. The average Bonchev–Trinajstić information content (AvgIpc) is 2.54. The first-order valence-electron chi connectivity index (χ1n) is 7.91. The summed E-state index contributed by atoms with van der Waals surface area (Å²) < 4.78 is 0. The highest BCUT2D eigenvalue weighted by Gasteiger charge is 2.16. The number of carbonyl (C=O) groups excluding carboxylic acids is 2. The second-order valence-electron chi connectivity index (χ2n) is 6.04. The lowest BCUT2D eigenvalue weighted by atomic mass is 10.1. The summed E-state index contributed by atoms with van der Waals surface area (Å²) in [6.07, 6.45) is 0. The molecule has 2 amide bonds. The van der Waals surface area contributed by atoms with Gasteiger partial charge in [-0.1, -0.05) is 30.3 Å². The number of hydrogen-bond acceptors (Lipinski definition) is 3. The monoisotopic (exact) mass is 325 g/mol. The molecule has 1 unspecified atom stereocenters. The van der Waals surface area contributed by atoms with Crippen molar-refractivity contribution in [2.24, 2.45) is 5.73 Å². The molecule has 0 spiro atoms. The third kappa shape index (κ3) is 4.43. The predicted octanol–water partition coefficient (Wildman–Crippen LogP) is 2.77. The van der Waals surface area contributed by atoms with Gasteiger partial charge in [0.2, 0.25) is 5.91 Å². The van der Waals surface area contributed by atoms with Crippen LogP contribution in [0.4, 0.5) is 5.69 Å². The van der Waals surface area contributed by atoms with Crippen LogP contribution in [-0.2, 0) is 4.79 Å². The molecule has 4 N–H and O–H groups in total. The Hall–Kier alpha value is -2.66. The molecule has 5 heteroatoms. The van der Waals surface area contributed by atoms with Crippen LogP contribution in [0.3, 0.4) is 0 Å². The minimum Gasteiger partial charge on any atom is -0.350 e. The summed E-state index contributed by atoms with van der Waals surface area (Å²) in [4.78, 5) is 24.4. The molecule has 0 bridgehead atoms. The van der Waals surface area contributed by atoms with Crippen LogP contribution in [-0.4, -0.2) is 17.9 Å². The van der Waals surface area contributed by atoms with Crippen molar-refractivity contribution in [3.63, 3.8) is 0 Å². The number of hydrogen-bond donors (Lipinski definition) is 3. The molecule has 0 aromatic heterocycles. The summed E-state index contributed by atoms with van der Waals surface area (Å²) in [5, 5.41) is 5.65. The van der Waals surface area contributed by atoms with Crippen molar-refractivity contribution in [2.45, 2.75) is 32.9 Å². The third-order valence-electron chi connectivity index (χ3n) is 3.60. The third-order valence-corrected chi connectivity index (χ3v) is 3.60. The van der Waals surface area contributed by atoms with E-state index in [-0.39, 0.29) is 17.9 Å². The molecule has 0 aliphatic heterocycles. The first-order chi connectivity index (χ1) is 11.4. The topological polar surface area (TPSA) is 84.2 Å². The van der Waals surface area contributed by atoms with Crippen molar-refractivity contribution < 1.29 is 9.59 Å². The van der Waals surface area contributed by atoms with Crippen molar-refractivity contribution in [1.29, 1.82) is 0 Å². The van der Waals surface area contributed by atoms with Gasteiger partial charge in [-0.3, -0.25) is 9.59 Å². The summed E-state index contributed by atoms with van der Waals surface area (Å²) in [6, 6.07) is 13.7. The van der Waals surface area contributed by atoms with Gasteiger partial charge in [-0.15, -0.1) is 0 Å². The fourth-order valence-corrected chi connectivity index (χ4v) is 2.37. The van der Waals surface area contributed by atoms with E-state index in [1.54, 1.807) is 18.2 Å². The number of anilines is 1. The summed E-state index contributed by atoms with van der Waals surface area (Å²) in [7, 11) is 0. The van der Waals surface area contributed by atoms with Gasteiger partial charge >= 0.3 is 0 Å². The molecule has 0 aliphatic carbocycles. The van der Waals surface area contributed by atoms with Gasteiger partial charge in [0.15, 0.2) is 0 Å². The maximum Gasteiger partial charge on any atom is 0.251 e. The Morgan fingerprint density at radius 3 is 2.29 bits per heavy atom. The molecule has 0 radical (unpaired) electrons. The van der Waals surface area contributed by atoms with Crippen molar-refractivity contribution in [3.8, 4) is 0 Å². The van der Waals surface area contributed by atoms with Gasteiger partial charge in [0, 0.05) is 17.3 Å². The van der Waals surface area contributed by atoms with Crippen LogP contribution in [0, 0.1) is 6.92 Å². The number of nitrogens with two attached hydrogens (primary N) is 1. The molecule has 5 nitrogen and oxygen atoms in total. The van der Waals surface area contributed by atoms with Crippen molar-refractivity contribution in [3.05, 3.63) is 65.2 Å². The molecule has 0 saturated heterocycles. The van der Waals surface area contributed by atoms with Crippen LogP contribution in [0.2, 0.25) is 0 Å². The molecular formula is C19H23N3O2. The van der Waals surface area contributed by atoms with E-state index in [1.165, 1.54) is 0 Å². The molecule has 2 aromatic rings. The van der Waals surface area contributed by atoms with Gasteiger partial charge in [0.25, 0.3) is 5.91 Å². The predicted molar refractivity (Wildman–Crippen MR) is 95.8 cm³/mol. The van der Waals surface area contributed by atoms with E-state index in [2.05, 4.69) is 10.6 Å². The first kappa shape index (κ1) is 17.7. The van der Waals surface area contributed by atoms with Crippen molar-refractivity contribution in [2.75, 3.05) is 5.32 Å². The molecule has 2 aromatic carbocycles. The van der Waals surface area contributed by atoms with E-state index < -0.39 is 6.04 Å². The van der Waals surface area contributed by atoms with Crippen LogP contribution in [0.15, 0.2) is 48.5 Å². The molecule has 2 rings (SSSR count). The Kier molecular flexibility index (Phi) is 5.71. The van der Waals surface area contributed by atoms with Crippen molar-refractivity contribution >= 4 is 17.5 Å². The lowest BCUT2D eigenvalue weighted by Crippen LogP contribution is -2.30. The minimum absolute atomic E-state index is 0.0696. The van der Waals surface area contributed by atoms with Crippen LogP contribution >= 0.6 is 0 Å². The second-order valence-corrected chi connectivity index (χ2v) is 6.04. The Balaban J connectivity index is 2.09. The standard InChI is InChI=1S/C19H23N3O2/c1-12(2)21-18(23)16-10-9-15(11-13(16)3)22-19(24)17(20)14-7-5-4-6-8-14/h4-12,17H,20H2,1-3H3,(H,21,23)(H,22,24). The molecule has 0 saturated carbocycles. The fourth-order valence-electron chi connectivity index (χ4n) is 2.37. The average molecular weight is 325 g/mol. The zero-order valence-corrected chi connectivity index (χ0v) is 14.2. The van der Waals surface area contributed by atoms with Crippen LogP contribution in [0.25, 0.3) is 0 Å². The molecule has 0 aliphatic rings. The number of nitrogens with one attached hydrogen (secondary N) is 2. The number of aryl methyl sites for hydroxylation is 1. The van der Waals surface area contributed by atoms with E-state index in [4.69, 9.17) is 5.73 Å². The lowest BCUT2D eigenvalue weighted by Gasteiger charge is -2.14. The van der Waals surface area contributed by atoms with E-state index in [1.807, 2.05) is 51.1 Å². The zero-order valence-electron chi connectivity index (χ0n) is 14.2. The molecule has 1 atom stereocenters. The van der Waals surface area contributed by atoms with Gasteiger partial charge in [-0.25, -0.2) is 0 Å². The van der Waals surface area contributed by atoms with Gasteiger partial charge in [0.1, 0.15) is 6.04 Å². The van der Waals surface area contributed by atoms with Crippen LogP contribution < -0.4 is 16.4 Å². The molecule has 0 fully saturated rings. The zero-order chi connectivity index (χ0) is 17.7. The van der Waals surface area contributed by atoms with Crippen LogP contribution in [0.5, 0.6) is 0 Å². The number of carbonyl (C=O) groups is 2. The summed E-state index contributed by atoms with van der Waals surface area (Å²) in [5.41, 5.74) is 8.73. The number of benzene rings is 2. The SMILES string of the molecule is Cc1cc(NC(=O)C(N)c2ccccc2)ccc1C(=O)NC(C)C. The van der Waals surface area contributed by atoms with E-state index in [0.29, 0.717) is 11.3 Å². The summed E-state index contributed by atoms with van der Waals surface area (Å²) in [5.74, 6) is -0.415. The number of rotatable bonds is 5. The van der Waals surface area contributed by atoms with E-state index in [0.717, 1.165) is 11.1 Å². The second kappa shape index (κ2) is 7.75. The van der Waals surface area contributed by atoms with Crippen LogP contribution in [0.1, 0.15) is 41.4 Å². The highest BCUT2D eigenvalue weighted by atomic mass is 16.2. The normalized spacial score (nSPS) is 11.9. The maximum atomic E-state index is 12.3. The molecular weight excluding hydrogens is 302 g/mol. The Morgan fingerprint density at radius 2 is 1.71 bits per heavy atom. The molecule has 126 valence electrons. The Morgan fingerprint density at radius 1 is 1.04 bits per heavy atom. The highest BCUT2D eigenvalue weighted by molar-refractivity contribution is 5.98. The van der Waals surface area contributed by atoms with E-state index >= 15 is 0 Å². The highest BCUT2D eigenvalue weighted by Crippen LogP contribution is 2.18. The largest absolute Gasteiger partial charge is 0.350 e. The summed E-state index contributed by atoms with van der Waals surface area (Å²) >= 11 is 0. The Bertz CT molecular complexity index is 727. The van der Waals surface area contributed by atoms with Crippen molar-refractivity contribution in [1.82, 2.24) is 5.32 Å². The van der Waals surface area contributed by atoms with Gasteiger partial charge < -0.3 is 16.4 Å². The molecule has 0 heterocycles. The quantitative estimate of drug-likeness (QED) is 0.790. The smallest absolute Gasteiger partial charge is 0.251 e. The lowest BCUT2D eigenvalue weighted by molar-refractivity contribution is -0.117. The number of amides is 2. The Labute approximate surface area is 142 Å². The van der Waals surface area contributed by atoms with Gasteiger partial charge in [0.05, 0.1) is 0 Å². The molecule has 24 heavy (non-hydrogen) atoms. The minimum atomic E-state index is -0.740. The van der Waals surface area contributed by atoms with Gasteiger partial charge in [-0.05, 0) is 50.1 Å². The first-order valence-corrected chi connectivity index (χ1v) is 7.91. The van der Waals surface area contributed by atoms with E-state index in [9.17, 15) is 9.59 Å².